The highest BCUT2D eigenvalue weighted by atomic mass is 16.2. The van der Waals surface area contributed by atoms with E-state index in [4.69, 9.17) is 5.73 Å². The molecule has 160 valence electrons. The van der Waals surface area contributed by atoms with E-state index in [-0.39, 0.29) is 29.8 Å². The van der Waals surface area contributed by atoms with Gasteiger partial charge in [0.05, 0.1) is 0 Å². The predicted octanol–water partition coefficient (Wildman–Crippen LogP) is 1.98. The maximum absolute atomic E-state index is 12.8. The Bertz CT molecular complexity index is 725. The number of benzene rings is 1. The number of hydrogen-bond acceptors (Lipinski definition) is 4. The average molecular weight is 401 g/mol. The third kappa shape index (κ3) is 5.17. The maximum Gasteiger partial charge on any atom is 0.251 e. The molecule has 3 unspecified atom stereocenters. The van der Waals surface area contributed by atoms with Crippen molar-refractivity contribution in [3.63, 3.8) is 0 Å². The highest BCUT2D eigenvalue weighted by Gasteiger charge is 2.43. The van der Waals surface area contributed by atoms with Gasteiger partial charge in [0.1, 0.15) is 0 Å². The van der Waals surface area contributed by atoms with Crippen LogP contribution >= 0.6 is 0 Å². The normalized spacial score (nSPS) is 25.5. The Hall–Kier alpha value is -1.92. The van der Waals surface area contributed by atoms with Crippen LogP contribution in [-0.2, 0) is 10.2 Å². The van der Waals surface area contributed by atoms with Crippen LogP contribution in [0.1, 0.15) is 54.4 Å². The first-order chi connectivity index (χ1) is 13.7. The van der Waals surface area contributed by atoms with Gasteiger partial charge in [-0.05, 0) is 82.3 Å². The maximum atomic E-state index is 12.8. The molecule has 2 saturated carbocycles. The summed E-state index contributed by atoms with van der Waals surface area (Å²) >= 11 is 0. The lowest BCUT2D eigenvalue weighted by Crippen LogP contribution is -2.52. The van der Waals surface area contributed by atoms with Crippen LogP contribution in [0.5, 0.6) is 0 Å². The van der Waals surface area contributed by atoms with Crippen molar-refractivity contribution in [3.8, 4) is 0 Å². The molecule has 2 fully saturated rings. The summed E-state index contributed by atoms with van der Waals surface area (Å²) in [4.78, 5) is 29.0. The number of nitrogens with one attached hydrogen (secondary N) is 1. The summed E-state index contributed by atoms with van der Waals surface area (Å²) < 4.78 is 0. The van der Waals surface area contributed by atoms with Crippen LogP contribution in [-0.4, -0.2) is 68.4 Å². The van der Waals surface area contributed by atoms with E-state index in [0.29, 0.717) is 17.4 Å². The number of rotatable bonds is 7. The second kappa shape index (κ2) is 8.84. The van der Waals surface area contributed by atoms with Crippen LogP contribution in [0.15, 0.2) is 24.3 Å². The van der Waals surface area contributed by atoms with Crippen molar-refractivity contribution < 1.29 is 9.59 Å². The molecule has 2 aliphatic rings. The zero-order valence-electron chi connectivity index (χ0n) is 18.3. The highest BCUT2D eigenvalue weighted by Crippen LogP contribution is 2.51. The molecule has 3 N–H and O–H groups in total. The first kappa shape index (κ1) is 21.8. The number of hydrogen-bond donors (Lipinski definition) is 2. The molecule has 0 aliphatic heterocycles. The summed E-state index contributed by atoms with van der Waals surface area (Å²) in [5.74, 6) is -0.0510. The summed E-state index contributed by atoms with van der Waals surface area (Å²) in [6, 6.07) is 7.80. The quantitative estimate of drug-likeness (QED) is 0.734. The SMILES string of the molecule is CN(C)CCC1(c2ccc(C(=O)NC3CC(C(=O)N(C)C)CCC3N)cc2)CC1. The van der Waals surface area contributed by atoms with Gasteiger partial charge >= 0.3 is 0 Å². The van der Waals surface area contributed by atoms with Crippen LogP contribution in [0.4, 0.5) is 0 Å². The molecule has 1 aromatic rings. The molecule has 2 amide bonds. The predicted molar refractivity (Wildman–Crippen MR) is 116 cm³/mol. The topological polar surface area (TPSA) is 78.7 Å². The fourth-order valence-electron chi connectivity index (χ4n) is 4.45. The van der Waals surface area contributed by atoms with E-state index < -0.39 is 0 Å². The third-order valence-corrected chi connectivity index (χ3v) is 6.66. The smallest absolute Gasteiger partial charge is 0.251 e. The molecular formula is C23H36N4O2. The van der Waals surface area contributed by atoms with Crippen molar-refractivity contribution >= 4 is 11.8 Å². The number of nitrogens with zero attached hydrogens (tertiary/aromatic N) is 2. The fourth-order valence-corrected chi connectivity index (χ4v) is 4.45. The Morgan fingerprint density at radius 3 is 2.31 bits per heavy atom. The summed E-state index contributed by atoms with van der Waals surface area (Å²) in [5.41, 5.74) is 8.54. The van der Waals surface area contributed by atoms with Gasteiger partial charge in [-0.25, -0.2) is 0 Å². The zero-order valence-corrected chi connectivity index (χ0v) is 18.3. The number of carbonyl (C=O) groups is 2. The Morgan fingerprint density at radius 2 is 1.76 bits per heavy atom. The van der Waals surface area contributed by atoms with E-state index in [2.05, 4.69) is 36.4 Å². The fraction of sp³-hybridized carbons (Fsp3) is 0.652. The second-order valence-electron chi connectivity index (χ2n) is 9.40. The lowest BCUT2D eigenvalue weighted by Gasteiger charge is -2.35. The molecule has 0 spiro atoms. The minimum atomic E-state index is -0.167. The standard InChI is InChI=1S/C23H36N4O2/c1-26(2)14-13-23(11-12-23)18-8-5-16(6-9-18)21(28)25-20-15-17(7-10-19(20)24)22(29)27(3)4/h5-6,8-9,17,19-20H,7,10-15,24H2,1-4H3,(H,25,28). The lowest BCUT2D eigenvalue weighted by molar-refractivity contribution is -0.134. The summed E-state index contributed by atoms with van der Waals surface area (Å²) in [7, 11) is 7.76. The zero-order chi connectivity index (χ0) is 21.2. The Morgan fingerprint density at radius 1 is 1.10 bits per heavy atom. The number of amides is 2. The van der Waals surface area contributed by atoms with Crippen molar-refractivity contribution in [1.82, 2.24) is 15.1 Å². The van der Waals surface area contributed by atoms with Gasteiger partial charge in [0.15, 0.2) is 0 Å². The molecule has 2 aliphatic carbocycles. The van der Waals surface area contributed by atoms with Gasteiger partial charge in [-0.1, -0.05) is 12.1 Å². The molecule has 0 aromatic heterocycles. The largest absolute Gasteiger partial charge is 0.349 e. The lowest BCUT2D eigenvalue weighted by atomic mass is 9.82. The number of nitrogens with two attached hydrogens (primary N) is 1. The van der Waals surface area contributed by atoms with Crippen molar-refractivity contribution in [3.05, 3.63) is 35.4 Å². The number of carbonyl (C=O) groups excluding carboxylic acids is 2. The van der Waals surface area contributed by atoms with E-state index in [0.717, 1.165) is 25.8 Å². The van der Waals surface area contributed by atoms with Gasteiger partial charge < -0.3 is 20.9 Å². The minimum absolute atomic E-state index is 0.0658. The Labute approximate surface area is 174 Å². The molecule has 0 saturated heterocycles. The molecule has 0 radical (unpaired) electrons. The van der Waals surface area contributed by atoms with E-state index in [9.17, 15) is 9.59 Å². The molecule has 0 heterocycles. The van der Waals surface area contributed by atoms with Gasteiger partial charge in [0.2, 0.25) is 5.91 Å². The molecular weight excluding hydrogens is 364 g/mol. The Balaban J connectivity index is 1.61. The average Bonchev–Trinajstić information content (AvgIpc) is 3.49. The molecule has 6 heteroatoms. The summed E-state index contributed by atoms with van der Waals surface area (Å²) in [5, 5.41) is 3.08. The van der Waals surface area contributed by atoms with Crippen LogP contribution < -0.4 is 11.1 Å². The van der Waals surface area contributed by atoms with Crippen molar-refractivity contribution in [2.45, 2.75) is 56.0 Å². The van der Waals surface area contributed by atoms with Crippen molar-refractivity contribution in [2.24, 2.45) is 11.7 Å². The van der Waals surface area contributed by atoms with Gasteiger partial charge in [0.25, 0.3) is 5.91 Å². The highest BCUT2D eigenvalue weighted by molar-refractivity contribution is 5.94. The second-order valence-corrected chi connectivity index (χ2v) is 9.40. The molecule has 1 aromatic carbocycles. The van der Waals surface area contributed by atoms with Gasteiger partial charge in [-0.15, -0.1) is 0 Å². The van der Waals surface area contributed by atoms with Gasteiger partial charge in [-0.2, -0.15) is 0 Å². The van der Waals surface area contributed by atoms with Crippen LogP contribution in [0, 0.1) is 5.92 Å². The van der Waals surface area contributed by atoms with Crippen molar-refractivity contribution in [2.75, 3.05) is 34.7 Å². The first-order valence-electron chi connectivity index (χ1n) is 10.7. The van der Waals surface area contributed by atoms with Gasteiger partial charge in [-0.3, -0.25) is 9.59 Å². The van der Waals surface area contributed by atoms with E-state index in [1.165, 1.54) is 18.4 Å². The molecule has 6 nitrogen and oxygen atoms in total. The van der Waals surface area contributed by atoms with Crippen molar-refractivity contribution in [1.29, 1.82) is 0 Å². The third-order valence-electron chi connectivity index (χ3n) is 6.66. The van der Waals surface area contributed by atoms with Crippen LogP contribution in [0.25, 0.3) is 0 Å². The molecule has 3 atom stereocenters. The van der Waals surface area contributed by atoms with Crippen LogP contribution in [0.3, 0.4) is 0 Å². The summed E-state index contributed by atoms with van der Waals surface area (Å²) in [6.45, 7) is 1.08. The van der Waals surface area contributed by atoms with E-state index in [1.54, 1.807) is 19.0 Å². The van der Waals surface area contributed by atoms with E-state index >= 15 is 0 Å². The molecule has 29 heavy (non-hydrogen) atoms. The van der Waals surface area contributed by atoms with Crippen LogP contribution in [0.2, 0.25) is 0 Å². The van der Waals surface area contributed by atoms with E-state index in [1.807, 2.05) is 12.1 Å². The monoisotopic (exact) mass is 400 g/mol. The first-order valence-corrected chi connectivity index (χ1v) is 10.7. The summed E-state index contributed by atoms with van der Waals surface area (Å²) in [6.07, 6.45) is 5.76. The molecule has 3 rings (SSSR count). The molecule has 0 bridgehead atoms. The Kier molecular flexibility index (Phi) is 6.64. The van der Waals surface area contributed by atoms with Gasteiger partial charge in [0, 0.05) is 37.7 Å². The minimum Gasteiger partial charge on any atom is -0.349 e.